The number of carboxylic acid groups (broad SMARTS) is 1. The van der Waals surface area contributed by atoms with Crippen molar-refractivity contribution in [2.75, 3.05) is 0 Å². The molecule has 2 heterocycles. The van der Waals surface area contributed by atoms with Crippen LogP contribution in [0.1, 0.15) is 5.56 Å². The van der Waals surface area contributed by atoms with E-state index in [0.29, 0.717) is 28.6 Å². The zero-order valence-corrected chi connectivity index (χ0v) is 20.2. The van der Waals surface area contributed by atoms with Crippen molar-refractivity contribution in [1.82, 2.24) is 9.97 Å². The fourth-order valence-electron chi connectivity index (χ4n) is 3.91. The van der Waals surface area contributed by atoms with E-state index in [0.717, 1.165) is 27.9 Å². The highest BCUT2D eigenvalue weighted by molar-refractivity contribution is 5.98. The summed E-state index contributed by atoms with van der Waals surface area (Å²) in [6.45, 7) is 0.454. The standard InChI is InChI=1S/C27H20FN3O.C2HF3O2/c28-21-8-4-7-20(13-21)24-16-30-27(32)23-14-22(18-5-2-1-3-6-18)25(31-26(23)24)19-11-9-17(15-29)10-12-19;3-2(4,5)1(6)7/h1-14,16H,15,29H2,(H,30,32);(H,6,7). The molecule has 4 N–H and O–H groups in total. The van der Waals surface area contributed by atoms with Gasteiger partial charge in [-0.2, -0.15) is 13.2 Å². The summed E-state index contributed by atoms with van der Waals surface area (Å²) >= 11 is 0. The van der Waals surface area contributed by atoms with E-state index in [-0.39, 0.29) is 11.4 Å². The molecule has 0 bridgehead atoms. The summed E-state index contributed by atoms with van der Waals surface area (Å²) in [7, 11) is 0. The summed E-state index contributed by atoms with van der Waals surface area (Å²) in [5.74, 6) is -3.10. The van der Waals surface area contributed by atoms with Gasteiger partial charge in [-0.3, -0.25) is 4.79 Å². The Morgan fingerprint density at radius 3 is 2.10 bits per heavy atom. The first-order valence-electron chi connectivity index (χ1n) is 11.6. The number of H-pyrrole nitrogens is 1. The molecular formula is C29H21F4N3O3. The predicted molar refractivity (Wildman–Crippen MR) is 140 cm³/mol. The molecule has 0 aliphatic carbocycles. The van der Waals surface area contributed by atoms with Gasteiger partial charge in [-0.05, 0) is 34.9 Å². The smallest absolute Gasteiger partial charge is 0.475 e. The Balaban J connectivity index is 0.000000448. The highest BCUT2D eigenvalue weighted by atomic mass is 19.4. The highest BCUT2D eigenvalue weighted by Crippen LogP contribution is 2.35. The lowest BCUT2D eigenvalue weighted by Gasteiger charge is -2.14. The molecule has 0 aliphatic heterocycles. The number of rotatable bonds is 4. The maximum atomic E-state index is 13.9. The maximum Gasteiger partial charge on any atom is 0.490 e. The Morgan fingerprint density at radius 1 is 0.872 bits per heavy atom. The average Bonchev–Trinajstić information content (AvgIpc) is 2.93. The lowest BCUT2D eigenvalue weighted by atomic mass is 9.95. The van der Waals surface area contributed by atoms with Crippen molar-refractivity contribution < 1.29 is 27.5 Å². The second-order valence-corrected chi connectivity index (χ2v) is 8.39. The topological polar surface area (TPSA) is 109 Å². The fraction of sp³-hybridized carbons (Fsp3) is 0.0690. The number of carbonyl (C=O) groups is 1. The van der Waals surface area contributed by atoms with E-state index in [2.05, 4.69) is 4.98 Å². The van der Waals surface area contributed by atoms with Crippen molar-refractivity contribution in [1.29, 1.82) is 0 Å². The molecule has 5 aromatic rings. The van der Waals surface area contributed by atoms with Gasteiger partial charge in [0.2, 0.25) is 0 Å². The van der Waals surface area contributed by atoms with Gasteiger partial charge in [0, 0.05) is 29.4 Å². The van der Waals surface area contributed by atoms with E-state index in [9.17, 15) is 22.4 Å². The van der Waals surface area contributed by atoms with Gasteiger partial charge in [-0.25, -0.2) is 14.2 Å². The van der Waals surface area contributed by atoms with Gasteiger partial charge in [0.05, 0.1) is 16.6 Å². The van der Waals surface area contributed by atoms with E-state index in [1.165, 1.54) is 12.1 Å². The van der Waals surface area contributed by atoms with E-state index >= 15 is 0 Å². The van der Waals surface area contributed by atoms with Crippen LogP contribution in [0.25, 0.3) is 44.4 Å². The summed E-state index contributed by atoms with van der Waals surface area (Å²) in [5, 5.41) is 7.58. The Kier molecular flexibility index (Phi) is 7.87. The second-order valence-electron chi connectivity index (χ2n) is 8.39. The van der Waals surface area contributed by atoms with Crippen molar-refractivity contribution in [3.8, 4) is 33.5 Å². The zero-order valence-electron chi connectivity index (χ0n) is 20.2. The molecule has 6 nitrogen and oxygen atoms in total. The molecule has 0 aliphatic rings. The van der Waals surface area contributed by atoms with Crippen LogP contribution in [-0.4, -0.2) is 27.2 Å². The molecule has 198 valence electrons. The van der Waals surface area contributed by atoms with Gasteiger partial charge in [-0.15, -0.1) is 0 Å². The van der Waals surface area contributed by atoms with Crippen molar-refractivity contribution >= 4 is 16.9 Å². The van der Waals surface area contributed by atoms with Gasteiger partial charge in [-0.1, -0.05) is 66.7 Å². The third kappa shape index (κ3) is 6.19. The summed E-state index contributed by atoms with van der Waals surface area (Å²) < 4.78 is 45.7. The van der Waals surface area contributed by atoms with Crippen LogP contribution in [0.4, 0.5) is 17.6 Å². The average molecular weight is 535 g/mol. The van der Waals surface area contributed by atoms with Crippen LogP contribution in [0.15, 0.2) is 95.9 Å². The van der Waals surface area contributed by atoms with Gasteiger partial charge < -0.3 is 15.8 Å². The van der Waals surface area contributed by atoms with Crippen LogP contribution in [0, 0.1) is 5.82 Å². The van der Waals surface area contributed by atoms with Crippen LogP contribution >= 0.6 is 0 Å². The van der Waals surface area contributed by atoms with Crippen LogP contribution in [-0.2, 0) is 11.3 Å². The number of pyridine rings is 2. The number of aliphatic carboxylic acids is 1. The molecule has 0 atom stereocenters. The third-order valence-corrected chi connectivity index (χ3v) is 5.80. The minimum absolute atomic E-state index is 0.241. The van der Waals surface area contributed by atoms with Crippen molar-refractivity contribution in [2.24, 2.45) is 5.73 Å². The SMILES string of the molecule is NCc1ccc(-c2nc3c(-c4cccc(F)c4)c[nH]c(=O)c3cc2-c2ccccc2)cc1.O=C(O)C(F)(F)F. The minimum Gasteiger partial charge on any atom is -0.475 e. The number of alkyl halides is 3. The minimum atomic E-state index is -5.08. The van der Waals surface area contributed by atoms with Crippen molar-refractivity contribution in [3.63, 3.8) is 0 Å². The lowest BCUT2D eigenvalue weighted by Crippen LogP contribution is -2.21. The number of halogens is 4. The van der Waals surface area contributed by atoms with Crippen molar-refractivity contribution in [2.45, 2.75) is 12.7 Å². The number of nitrogens with two attached hydrogens (primary N) is 1. The third-order valence-electron chi connectivity index (χ3n) is 5.80. The Hall–Kier alpha value is -4.83. The quantitative estimate of drug-likeness (QED) is 0.239. The second kappa shape index (κ2) is 11.3. The number of nitrogens with one attached hydrogen (secondary N) is 1. The Labute approximate surface area is 219 Å². The zero-order chi connectivity index (χ0) is 28.2. The van der Waals surface area contributed by atoms with Gasteiger partial charge in [0.1, 0.15) is 5.82 Å². The number of fused-ring (bicyclic) bond motifs is 1. The molecule has 0 radical (unpaired) electrons. The highest BCUT2D eigenvalue weighted by Gasteiger charge is 2.38. The number of hydrogen-bond donors (Lipinski definition) is 3. The maximum absolute atomic E-state index is 13.9. The molecule has 0 spiro atoms. The van der Waals surface area contributed by atoms with Crippen LogP contribution in [0.5, 0.6) is 0 Å². The predicted octanol–water partition coefficient (Wildman–Crippen LogP) is 6.16. The molecule has 5 rings (SSSR count). The van der Waals surface area contributed by atoms with E-state index in [4.69, 9.17) is 20.6 Å². The molecule has 0 fully saturated rings. The molecule has 0 amide bonds. The summed E-state index contributed by atoms with van der Waals surface area (Å²) in [6.07, 6.45) is -3.49. The first-order valence-corrected chi connectivity index (χ1v) is 11.6. The number of hydrogen-bond acceptors (Lipinski definition) is 4. The van der Waals surface area contributed by atoms with E-state index in [1.54, 1.807) is 18.3 Å². The first-order chi connectivity index (χ1) is 18.6. The number of aromatic nitrogens is 2. The molecule has 39 heavy (non-hydrogen) atoms. The van der Waals surface area contributed by atoms with Crippen LogP contribution in [0.2, 0.25) is 0 Å². The molecule has 2 aromatic heterocycles. The summed E-state index contributed by atoms with van der Waals surface area (Å²) in [4.78, 5) is 29.4. The van der Waals surface area contributed by atoms with E-state index < -0.39 is 12.1 Å². The number of nitrogens with zero attached hydrogens (tertiary/aromatic N) is 1. The summed E-state index contributed by atoms with van der Waals surface area (Å²) in [5.41, 5.74) is 11.8. The molecule has 0 unspecified atom stereocenters. The molecule has 0 saturated heterocycles. The molecule has 3 aromatic carbocycles. The molecule has 0 saturated carbocycles. The Morgan fingerprint density at radius 2 is 1.51 bits per heavy atom. The van der Waals surface area contributed by atoms with Crippen LogP contribution in [0.3, 0.4) is 0 Å². The molecule has 10 heteroatoms. The molecular weight excluding hydrogens is 514 g/mol. The largest absolute Gasteiger partial charge is 0.490 e. The van der Waals surface area contributed by atoms with Gasteiger partial charge >= 0.3 is 12.1 Å². The van der Waals surface area contributed by atoms with Gasteiger partial charge in [0.25, 0.3) is 5.56 Å². The number of carboxylic acids is 1. The lowest BCUT2D eigenvalue weighted by molar-refractivity contribution is -0.192. The summed E-state index contributed by atoms with van der Waals surface area (Å²) in [6, 6.07) is 25.9. The normalized spacial score (nSPS) is 11.1. The fourth-order valence-corrected chi connectivity index (χ4v) is 3.91. The number of aromatic amines is 1. The first kappa shape index (κ1) is 27.2. The number of benzene rings is 3. The van der Waals surface area contributed by atoms with Crippen LogP contribution < -0.4 is 11.3 Å². The van der Waals surface area contributed by atoms with Crippen molar-refractivity contribution in [3.05, 3.63) is 113 Å². The van der Waals surface area contributed by atoms with Gasteiger partial charge in [0.15, 0.2) is 0 Å². The van der Waals surface area contributed by atoms with E-state index in [1.807, 2.05) is 60.7 Å². The monoisotopic (exact) mass is 535 g/mol. The Bertz CT molecular complexity index is 1680.